The van der Waals surface area contributed by atoms with Crippen molar-refractivity contribution in [1.82, 2.24) is 9.38 Å². The van der Waals surface area contributed by atoms with Gasteiger partial charge in [-0.1, -0.05) is 53.6 Å². The van der Waals surface area contributed by atoms with Crippen LogP contribution in [0.15, 0.2) is 71.0 Å². The number of aryl methyl sites for hydroxylation is 4. The first-order valence-corrected chi connectivity index (χ1v) is 9.06. The van der Waals surface area contributed by atoms with Crippen LogP contribution in [0.2, 0.25) is 0 Å². The van der Waals surface area contributed by atoms with Crippen molar-refractivity contribution in [2.45, 2.75) is 27.7 Å². The maximum absolute atomic E-state index is 4.79. The maximum Gasteiger partial charge on any atom is 0.187 e. The molecule has 0 bridgehead atoms. The highest BCUT2D eigenvalue weighted by Gasteiger charge is 2.14. The van der Waals surface area contributed by atoms with E-state index in [0.29, 0.717) is 0 Å². The molecule has 0 aliphatic carbocycles. The Labute approximate surface area is 159 Å². The maximum atomic E-state index is 4.79. The summed E-state index contributed by atoms with van der Waals surface area (Å²) in [5.41, 5.74) is 8.36. The highest BCUT2D eigenvalue weighted by atomic mass is 15.2. The zero-order valence-electron chi connectivity index (χ0n) is 16.1. The standard InChI is InChI=1S/C23H22N4/c1-15-8-10-19(11-9-15)22-23(27-12-6-5-7-20(27)24-22)26-25-21-17(3)13-16(2)14-18(21)4/h5-14H,1-4H3. The van der Waals surface area contributed by atoms with Crippen LogP contribution in [0.5, 0.6) is 0 Å². The number of aromatic nitrogens is 2. The molecule has 0 saturated heterocycles. The summed E-state index contributed by atoms with van der Waals surface area (Å²) in [6.07, 6.45) is 1.98. The number of fused-ring (bicyclic) bond motifs is 1. The smallest absolute Gasteiger partial charge is 0.187 e. The molecule has 0 atom stereocenters. The molecule has 2 aromatic heterocycles. The molecule has 2 heterocycles. The van der Waals surface area contributed by atoms with Gasteiger partial charge in [0.2, 0.25) is 0 Å². The Kier molecular flexibility index (Phi) is 4.32. The predicted molar refractivity (Wildman–Crippen MR) is 110 cm³/mol. The fourth-order valence-corrected chi connectivity index (χ4v) is 3.41. The Morgan fingerprint density at radius 1 is 0.778 bits per heavy atom. The summed E-state index contributed by atoms with van der Waals surface area (Å²) in [5, 5.41) is 9.25. The lowest BCUT2D eigenvalue weighted by Crippen LogP contribution is -1.84. The van der Waals surface area contributed by atoms with Crippen molar-refractivity contribution in [3.05, 3.63) is 83.0 Å². The monoisotopic (exact) mass is 354 g/mol. The van der Waals surface area contributed by atoms with Crippen LogP contribution >= 0.6 is 0 Å². The number of imidazole rings is 1. The van der Waals surface area contributed by atoms with E-state index in [9.17, 15) is 0 Å². The third kappa shape index (κ3) is 3.26. The highest BCUT2D eigenvalue weighted by molar-refractivity contribution is 5.74. The third-order valence-electron chi connectivity index (χ3n) is 4.71. The minimum atomic E-state index is 0.744. The van der Waals surface area contributed by atoms with Crippen molar-refractivity contribution in [2.75, 3.05) is 0 Å². The second kappa shape index (κ2) is 6.80. The zero-order valence-corrected chi connectivity index (χ0v) is 16.1. The second-order valence-electron chi connectivity index (χ2n) is 7.03. The van der Waals surface area contributed by atoms with Gasteiger partial charge in [-0.3, -0.25) is 4.40 Å². The van der Waals surface area contributed by atoms with E-state index in [0.717, 1.165) is 39.5 Å². The lowest BCUT2D eigenvalue weighted by molar-refractivity contribution is 1.09. The summed E-state index contributed by atoms with van der Waals surface area (Å²) in [6, 6.07) is 18.6. The lowest BCUT2D eigenvalue weighted by Gasteiger charge is -2.06. The topological polar surface area (TPSA) is 42.0 Å². The number of rotatable bonds is 3. The minimum absolute atomic E-state index is 0.744. The molecule has 27 heavy (non-hydrogen) atoms. The van der Waals surface area contributed by atoms with Gasteiger partial charge in [0.1, 0.15) is 11.3 Å². The van der Waals surface area contributed by atoms with Crippen molar-refractivity contribution in [3.8, 4) is 11.3 Å². The number of pyridine rings is 1. The van der Waals surface area contributed by atoms with Crippen LogP contribution in [0.1, 0.15) is 22.3 Å². The first kappa shape index (κ1) is 17.2. The van der Waals surface area contributed by atoms with E-state index in [-0.39, 0.29) is 0 Å². The van der Waals surface area contributed by atoms with E-state index >= 15 is 0 Å². The Bertz CT molecular complexity index is 1130. The van der Waals surface area contributed by atoms with Crippen molar-refractivity contribution in [2.24, 2.45) is 10.2 Å². The van der Waals surface area contributed by atoms with Crippen LogP contribution in [0.3, 0.4) is 0 Å². The van der Waals surface area contributed by atoms with Crippen molar-refractivity contribution < 1.29 is 0 Å². The van der Waals surface area contributed by atoms with Crippen LogP contribution in [0.4, 0.5) is 11.5 Å². The number of nitrogens with zero attached hydrogens (tertiary/aromatic N) is 4. The van der Waals surface area contributed by atoms with Gasteiger partial charge in [-0.15, -0.1) is 10.2 Å². The Balaban J connectivity index is 1.88. The minimum Gasteiger partial charge on any atom is -0.283 e. The van der Waals surface area contributed by atoms with Crippen LogP contribution in [0, 0.1) is 27.7 Å². The molecule has 0 unspecified atom stereocenters. The normalized spacial score (nSPS) is 11.6. The van der Waals surface area contributed by atoms with Gasteiger partial charge in [0.05, 0.1) is 5.69 Å². The number of hydrogen-bond acceptors (Lipinski definition) is 3. The molecule has 134 valence electrons. The van der Waals surface area contributed by atoms with Gasteiger partial charge >= 0.3 is 0 Å². The van der Waals surface area contributed by atoms with Crippen LogP contribution < -0.4 is 0 Å². The van der Waals surface area contributed by atoms with E-state index in [1.807, 2.05) is 28.8 Å². The fraction of sp³-hybridized carbons (Fsp3) is 0.174. The van der Waals surface area contributed by atoms with Gasteiger partial charge in [0.15, 0.2) is 5.82 Å². The molecule has 0 aliphatic heterocycles. The quantitative estimate of drug-likeness (QED) is 0.380. The molecule has 0 saturated carbocycles. The summed E-state index contributed by atoms with van der Waals surface area (Å²) in [7, 11) is 0. The SMILES string of the molecule is Cc1ccc(-c2nc3ccccn3c2N=Nc2c(C)cc(C)cc2C)cc1. The Morgan fingerprint density at radius 2 is 1.48 bits per heavy atom. The van der Waals surface area contributed by atoms with E-state index in [2.05, 4.69) is 74.3 Å². The molecule has 0 radical (unpaired) electrons. The van der Waals surface area contributed by atoms with E-state index in [4.69, 9.17) is 4.98 Å². The van der Waals surface area contributed by atoms with Gasteiger partial charge in [-0.25, -0.2) is 4.98 Å². The summed E-state index contributed by atoms with van der Waals surface area (Å²) in [5.74, 6) is 0.744. The van der Waals surface area contributed by atoms with E-state index in [1.165, 1.54) is 11.1 Å². The molecule has 0 amide bonds. The molecule has 4 heteroatoms. The average molecular weight is 354 g/mol. The summed E-state index contributed by atoms with van der Waals surface area (Å²) >= 11 is 0. The van der Waals surface area contributed by atoms with Gasteiger partial charge in [0.25, 0.3) is 0 Å². The lowest BCUT2D eigenvalue weighted by atomic mass is 10.1. The highest BCUT2D eigenvalue weighted by Crippen LogP contribution is 2.33. The molecule has 0 fully saturated rings. The summed E-state index contributed by atoms with van der Waals surface area (Å²) < 4.78 is 1.98. The summed E-state index contributed by atoms with van der Waals surface area (Å²) in [4.78, 5) is 4.79. The van der Waals surface area contributed by atoms with Crippen molar-refractivity contribution in [1.29, 1.82) is 0 Å². The molecular formula is C23H22N4. The van der Waals surface area contributed by atoms with Crippen LogP contribution in [0.25, 0.3) is 16.9 Å². The van der Waals surface area contributed by atoms with E-state index < -0.39 is 0 Å². The van der Waals surface area contributed by atoms with Crippen LogP contribution in [-0.4, -0.2) is 9.38 Å². The Morgan fingerprint density at radius 3 is 2.19 bits per heavy atom. The van der Waals surface area contributed by atoms with E-state index in [1.54, 1.807) is 0 Å². The first-order chi connectivity index (χ1) is 13.0. The molecule has 0 spiro atoms. The predicted octanol–water partition coefficient (Wildman–Crippen LogP) is 6.65. The summed E-state index contributed by atoms with van der Waals surface area (Å²) in [6.45, 7) is 8.32. The number of azo groups is 1. The molecule has 2 aromatic carbocycles. The Hall–Kier alpha value is -3.27. The van der Waals surface area contributed by atoms with Crippen molar-refractivity contribution >= 4 is 17.2 Å². The van der Waals surface area contributed by atoms with Crippen LogP contribution in [-0.2, 0) is 0 Å². The largest absolute Gasteiger partial charge is 0.283 e. The van der Waals surface area contributed by atoms with Gasteiger partial charge in [-0.05, 0) is 51.0 Å². The van der Waals surface area contributed by atoms with Gasteiger partial charge in [0, 0.05) is 11.8 Å². The third-order valence-corrected chi connectivity index (χ3v) is 4.71. The first-order valence-electron chi connectivity index (χ1n) is 9.06. The van der Waals surface area contributed by atoms with Gasteiger partial charge in [-0.2, -0.15) is 0 Å². The fourth-order valence-electron chi connectivity index (χ4n) is 3.41. The molecule has 4 aromatic rings. The molecule has 4 rings (SSSR count). The second-order valence-corrected chi connectivity index (χ2v) is 7.03. The van der Waals surface area contributed by atoms with Gasteiger partial charge < -0.3 is 0 Å². The number of hydrogen-bond donors (Lipinski definition) is 0. The number of benzene rings is 2. The average Bonchev–Trinajstić information content (AvgIpc) is 3.00. The molecular weight excluding hydrogens is 332 g/mol. The zero-order chi connectivity index (χ0) is 19.0. The molecule has 0 aliphatic rings. The molecule has 4 nitrogen and oxygen atoms in total. The van der Waals surface area contributed by atoms with Crippen molar-refractivity contribution in [3.63, 3.8) is 0 Å². The molecule has 0 N–H and O–H groups in total.